The Morgan fingerprint density at radius 1 is 1.61 bits per heavy atom. The summed E-state index contributed by atoms with van der Waals surface area (Å²) in [5, 5.41) is 9.10. The van der Waals surface area contributed by atoms with Crippen LogP contribution in [0.3, 0.4) is 0 Å². The van der Waals surface area contributed by atoms with Crippen molar-refractivity contribution in [1.29, 1.82) is 0 Å². The standard InChI is InChI=1S/C14H14ClNO2/c1-3-9-16(4-2)13-7-5-11(10-12(13)15)6-8-14(17)18/h1,5-8,10H,4,9H2,2H3,(H,17,18)/b8-6+. The maximum atomic E-state index is 10.4. The molecule has 18 heavy (non-hydrogen) atoms. The number of carbonyl (C=O) groups is 1. The number of hydrogen-bond donors (Lipinski definition) is 1. The molecule has 94 valence electrons. The number of rotatable bonds is 5. The Balaban J connectivity index is 2.99. The zero-order chi connectivity index (χ0) is 13.5. The van der Waals surface area contributed by atoms with Crippen LogP contribution in [0.1, 0.15) is 12.5 Å². The Bertz CT molecular complexity index is 503. The molecule has 0 radical (unpaired) electrons. The summed E-state index contributed by atoms with van der Waals surface area (Å²) in [6, 6.07) is 5.36. The first-order valence-electron chi connectivity index (χ1n) is 5.47. The normalized spacial score (nSPS) is 10.3. The van der Waals surface area contributed by atoms with Gasteiger partial charge in [0.1, 0.15) is 0 Å². The first kappa shape index (κ1) is 14.1. The number of hydrogen-bond acceptors (Lipinski definition) is 2. The van der Waals surface area contributed by atoms with Gasteiger partial charge in [0.2, 0.25) is 0 Å². The van der Waals surface area contributed by atoms with Gasteiger partial charge in [0.25, 0.3) is 0 Å². The van der Waals surface area contributed by atoms with E-state index in [9.17, 15) is 4.79 Å². The number of benzene rings is 1. The molecule has 1 rings (SSSR count). The van der Waals surface area contributed by atoms with E-state index in [0.29, 0.717) is 11.6 Å². The third-order valence-corrected chi connectivity index (χ3v) is 2.70. The molecule has 0 amide bonds. The van der Waals surface area contributed by atoms with E-state index in [1.807, 2.05) is 17.9 Å². The summed E-state index contributed by atoms with van der Waals surface area (Å²) < 4.78 is 0. The molecule has 1 aromatic carbocycles. The second-order valence-electron chi connectivity index (χ2n) is 3.60. The first-order chi connectivity index (χ1) is 8.58. The van der Waals surface area contributed by atoms with E-state index < -0.39 is 5.97 Å². The first-order valence-corrected chi connectivity index (χ1v) is 5.85. The number of anilines is 1. The van der Waals surface area contributed by atoms with Crippen molar-refractivity contribution in [1.82, 2.24) is 0 Å². The fraction of sp³-hybridized carbons (Fsp3) is 0.214. The topological polar surface area (TPSA) is 40.5 Å². The van der Waals surface area contributed by atoms with Gasteiger partial charge in [0.15, 0.2) is 0 Å². The van der Waals surface area contributed by atoms with Gasteiger partial charge in [-0.25, -0.2) is 4.79 Å². The van der Waals surface area contributed by atoms with Crippen LogP contribution in [0.15, 0.2) is 24.3 Å². The van der Waals surface area contributed by atoms with Crippen LogP contribution in [-0.2, 0) is 4.79 Å². The molecule has 1 aromatic rings. The summed E-state index contributed by atoms with van der Waals surface area (Å²) in [6.07, 6.45) is 7.86. The van der Waals surface area contributed by atoms with Gasteiger partial charge in [0, 0.05) is 12.6 Å². The molecule has 0 fully saturated rings. The van der Waals surface area contributed by atoms with Gasteiger partial charge in [-0.05, 0) is 30.7 Å². The summed E-state index contributed by atoms with van der Waals surface area (Å²) in [5.74, 6) is 1.59. The molecule has 0 unspecified atom stereocenters. The molecular weight excluding hydrogens is 250 g/mol. The van der Waals surface area contributed by atoms with E-state index in [2.05, 4.69) is 5.92 Å². The second-order valence-corrected chi connectivity index (χ2v) is 4.01. The molecule has 0 atom stereocenters. The molecular formula is C14H14ClNO2. The van der Waals surface area contributed by atoms with Crippen LogP contribution >= 0.6 is 11.6 Å². The van der Waals surface area contributed by atoms with Gasteiger partial charge >= 0.3 is 5.97 Å². The van der Waals surface area contributed by atoms with Gasteiger partial charge in [-0.1, -0.05) is 23.6 Å². The Morgan fingerprint density at radius 2 is 2.33 bits per heavy atom. The van der Waals surface area contributed by atoms with Crippen molar-refractivity contribution in [3.8, 4) is 12.3 Å². The molecule has 0 saturated heterocycles. The summed E-state index contributed by atoms with van der Waals surface area (Å²) in [6.45, 7) is 3.24. The van der Waals surface area contributed by atoms with Crippen LogP contribution < -0.4 is 4.90 Å². The predicted octanol–water partition coefficient (Wildman–Crippen LogP) is 2.90. The molecule has 0 bridgehead atoms. The molecule has 1 N–H and O–H groups in total. The van der Waals surface area contributed by atoms with Crippen LogP contribution in [0.4, 0.5) is 5.69 Å². The molecule has 0 aliphatic carbocycles. The van der Waals surface area contributed by atoms with Crippen molar-refractivity contribution in [2.75, 3.05) is 18.0 Å². The largest absolute Gasteiger partial charge is 0.478 e. The minimum absolute atomic E-state index is 0.487. The average Bonchev–Trinajstić information content (AvgIpc) is 2.34. The fourth-order valence-electron chi connectivity index (χ4n) is 1.53. The van der Waals surface area contributed by atoms with Crippen LogP contribution in [0.25, 0.3) is 6.08 Å². The summed E-state index contributed by atoms with van der Waals surface area (Å²) in [5.41, 5.74) is 1.59. The number of halogens is 1. The molecule has 0 aliphatic rings. The van der Waals surface area contributed by atoms with Crippen molar-refractivity contribution < 1.29 is 9.90 Å². The number of carboxylic acid groups (broad SMARTS) is 1. The van der Waals surface area contributed by atoms with Crippen molar-refractivity contribution in [2.24, 2.45) is 0 Å². The lowest BCUT2D eigenvalue weighted by Crippen LogP contribution is -2.23. The molecule has 0 spiro atoms. The summed E-state index contributed by atoms with van der Waals surface area (Å²) in [7, 11) is 0. The maximum absolute atomic E-state index is 10.4. The number of aliphatic carboxylic acids is 1. The van der Waals surface area contributed by atoms with Crippen molar-refractivity contribution >= 4 is 29.3 Å². The van der Waals surface area contributed by atoms with E-state index in [1.165, 1.54) is 6.08 Å². The third-order valence-electron chi connectivity index (χ3n) is 2.39. The lowest BCUT2D eigenvalue weighted by molar-refractivity contribution is -0.131. The average molecular weight is 264 g/mol. The number of terminal acetylenes is 1. The predicted molar refractivity (Wildman–Crippen MR) is 74.8 cm³/mol. The van der Waals surface area contributed by atoms with Crippen LogP contribution in [0, 0.1) is 12.3 Å². The van der Waals surface area contributed by atoms with Crippen molar-refractivity contribution in [3.05, 3.63) is 34.9 Å². The van der Waals surface area contributed by atoms with Crippen LogP contribution in [0.5, 0.6) is 0 Å². The van der Waals surface area contributed by atoms with Gasteiger partial charge in [-0.15, -0.1) is 6.42 Å². The van der Waals surface area contributed by atoms with Gasteiger partial charge in [-0.2, -0.15) is 0 Å². The second kappa shape index (κ2) is 6.73. The molecule has 0 aromatic heterocycles. The molecule has 3 nitrogen and oxygen atoms in total. The van der Waals surface area contributed by atoms with E-state index in [-0.39, 0.29) is 0 Å². The van der Waals surface area contributed by atoms with Crippen molar-refractivity contribution in [2.45, 2.75) is 6.92 Å². The highest BCUT2D eigenvalue weighted by Crippen LogP contribution is 2.27. The van der Waals surface area contributed by atoms with Gasteiger partial charge in [-0.3, -0.25) is 0 Å². The fourth-order valence-corrected chi connectivity index (χ4v) is 1.84. The van der Waals surface area contributed by atoms with Gasteiger partial charge in [0.05, 0.1) is 17.3 Å². The lowest BCUT2D eigenvalue weighted by Gasteiger charge is -2.21. The highest BCUT2D eigenvalue weighted by Gasteiger charge is 2.07. The Kier molecular flexibility index (Phi) is 5.29. The molecule has 4 heteroatoms. The van der Waals surface area contributed by atoms with Crippen molar-refractivity contribution in [3.63, 3.8) is 0 Å². The van der Waals surface area contributed by atoms with E-state index >= 15 is 0 Å². The molecule has 0 saturated carbocycles. The Hall–Kier alpha value is -1.92. The zero-order valence-corrected chi connectivity index (χ0v) is 10.8. The van der Waals surface area contributed by atoms with E-state index in [4.69, 9.17) is 23.1 Å². The lowest BCUT2D eigenvalue weighted by atomic mass is 10.1. The third kappa shape index (κ3) is 3.83. The van der Waals surface area contributed by atoms with Crippen LogP contribution in [0.2, 0.25) is 5.02 Å². The maximum Gasteiger partial charge on any atom is 0.328 e. The number of carboxylic acids is 1. The van der Waals surface area contributed by atoms with Crippen LogP contribution in [-0.4, -0.2) is 24.2 Å². The van der Waals surface area contributed by atoms with Gasteiger partial charge < -0.3 is 10.0 Å². The zero-order valence-electron chi connectivity index (χ0n) is 10.1. The molecule has 0 aliphatic heterocycles. The smallest absolute Gasteiger partial charge is 0.328 e. The number of nitrogens with zero attached hydrogens (tertiary/aromatic N) is 1. The quantitative estimate of drug-likeness (QED) is 0.656. The Labute approximate surface area is 112 Å². The Morgan fingerprint density at radius 3 is 2.83 bits per heavy atom. The summed E-state index contributed by atoms with van der Waals surface area (Å²) >= 11 is 6.16. The monoisotopic (exact) mass is 263 g/mol. The van der Waals surface area contributed by atoms with E-state index in [0.717, 1.165) is 23.9 Å². The highest BCUT2D eigenvalue weighted by atomic mass is 35.5. The van der Waals surface area contributed by atoms with E-state index in [1.54, 1.807) is 12.1 Å². The summed E-state index contributed by atoms with van der Waals surface area (Å²) in [4.78, 5) is 12.4. The molecule has 0 heterocycles. The minimum atomic E-state index is -0.988. The minimum Gasteiger partial charge on any atom is -0.478 e. The highest BCUT2D eigenvalue weighted by molar-refractivity contribution is 6.33. The SMILES string of the molecule is C#CCN(CC)c1ccc(/C=C/C(=O)O)cc1Cl.